The second-order valence-electron chi connectivity index (χ2n) is 4.67. The fourth-order valence-electron chi connectivity index (χ4n) is 2.21. The van der Waals surface area contributed by atoms with Gasteiger partial charge in [0, 0.05) is 18.2 Å². The van der Waals surface area contributed by atoms with Gasteiger partial charge < -0.3 is 9.84 Å². The SMILES string of the molecule is CC(C(=O)O)c1ccc2c(c1)Cc1cccnc1O2.[NaH]. The van der Waals surface area contributed by atoms with Gasteiger partial charge in [-0.25, -0.2) is 4.98 Å². The summed E-state index contributed by atoms with van der Waals surface area (Å²) in [4.78, 5) is 15.2. The Morgan fingerprint density at radius 3 is 2.90 bits per heavy atom. The molecule has 0 spiro atoms. The Bertz CT molecular complexity index is 657. The fourth-order valence-corrected chi connectivity index (χ4v) is 2.21. The van der Waals surface area contributed by atoms with E-state index in [1.807, 2.05) is 24.3 Å². The number of nitrogens with zero attached hydrogens (tertiary/aromatic N) is 1. The molecule has 0 amide bonds. The molecule has 2 aromatic rings. The van der Waals surface area contributed by atoms with Crippen LogP contribution in [0.2, 0.25) is 0 Å². The predicted octanol–water partition coefficient (Wildman–Crippen LogP) is 2.32. The van der Waals surface area contributed by atoms with Gasteiger partial charge in [-0.3, -0.25) is 4.79 Å². The van der Waals surface area contributed by atoms with Crippen molar-refractivity contribution in [2.75, 3.05) is 0 Å². The van der Waals surface area contributed by atoms with Gasteiger partial charge >= 0.3 is 35.5 Å². The van der Waals surface area contributed by atoms with E-state index in [-0.39, 0.29) is 29.6 Å². The number of benzene rings is 1. The maximum absolute atomic E-state index is 11.0. The summed E-state index contributed by atoms with van der Waals surface area (Å²) in [6.07, 6.45) is 2.42. The molecule has 0 radical (unpaired) electrons. The van der Waals surface area contributed by atoms with Crippen LogP contribution in [-0.4, -0.2) is 45.6 Å². The van der Waals surface area contributed by atoms with Gasteiger partial charge in [-0.05, 0) is 30.2 Å². The number of pyridine rings is 1. The van der Waals surface area contributed by atoms with Crippen LogP contribution < -0.4 is 4.74 Å². The van der Waals surface area contributed by atoms with Crippen molar-refractivity contribution in [1.82, 2.24) is 4.98 Å². The third kappa shape index (κ3) is 2.73. The van der Waals surface area contributed by atoms with Gasteiger partial charge in [0.05, 0.1) is 5.92 Å². The Hall–Kier alpha value is -1.36. The topological polar surface area (TPSA) is 59.4 Å². The number of aromatic nitrogens is 1. The zero-order valence-corrected chi connectivity index (χ0v) is 10.5. The van der Waals surface area contributed by atoms with Crippen molar-refractivity contribution in [2.45, 2.75) is 19.3 Å². The van der Waals surface area contributed by atoms with E-state index in [2.05, 4.69) is 4.98 Å². The molecule has 4 nitrogen and oxygen atoms in total. The van der Waals surface area contributed by atoms with Crippen molar-refractivity contribution in [3.05, 3.63) is 53.2 Å². The first-order valence-corrected chi connectivity index (χ1v) is 6.12. The summed E-state index contributed by atoms with van der Waals surface area (Å²) < 4.78 is 5.71. The molecule has 2 heterocycles. The average Bonchev–Trinajstić information content (AvgIpc) is 2.43. The van der Waals surface area contributed by atoms with Crippen LogP contribution in [0.4, 0.5) is 0 Å². The second kappa shape index (κ2) is 5.95. The predicted molar refractivity (Wildman–Crippen MR) is 76.8 cm³/mol. The van der Waals surface area contributed by atoms with Gasteiger partial charge in [-0.15, -0.1) is 0 Å². The first kappa shape index (κ1) is 15.0. The number of hydrogen-bond acceptors (Lipinski definition) is 3. The Morgan fingerprint density at radius 1 is 1.35 bits per heavy atom. The first-order chi connectivity index (χ1) is 9.15. The summed E-state index contributed by atoms with van der Waals surface area (Å²) in [5.74, 6) is 0.0564. The van der Waals surface area contributed by atoms with E-state index in [0.29, 0.717) is 5.88 Å². The molecule has 1 aliphatic heterocycles. The minimum atomic E-state index is -0.821. The van der Waals surface area contributed by atoms with Crippen molar-refractivity contribution in [1.29, 1.82) is 0 Å². The number of aliphatic carboxylic acids is 1. The molecule has 0 saturated heterocycles. The van der Waals surface area contributed by atoms with Crippen LogP contribution in [-0.2, 0) is 11.2 Å². The van der Waals surface area contributed by atoms with Crippen LogP contribution in [0.25, 0.3) is 0 Å². The number of carboxylic acid groups (broad SMARTS) is 1. The van der Waals surface area contributed by atoms with Gasteiger partial charge in [-0.1, -0.05) is 18.2 Å². The molecule has 1 aromatic heterocycles. The van der Waals surface area contributed by atoms with Crippen molar-refractivity contribution in [2.24, 2.45) is 0 Å². The van der Waals surface area contributed by atoms with E-state index in [1.165, 1.54) is 0 Å². The first-order valence-electron chi connectivity index (χ1n) is 6.12. The van der Waals surface area contributed by atoms with Crippen LogP contribution in [0.5, 0.6) is 11.6 Å². The molecule has 98 valence electrons. The molecule has 1 aliphatic rings. The van der Waals surface area contributed by atoms with E-state index in [9.17, 15) is 4.79 Å². The molecule has 0 saturated carbocycles. The summed E-state index contributed by atoms with van der Waals surface area (Å²) in [5, 5.41) is 9.06. The Labute approximate surface area is 139 Å². The van der Waals surface area contributed by atoms with Crippen molar-refractivity contribution in [3.63, 3.8) is 0 Å². The van der Waals surface area contributed by atoms with E-state index in [1.54, 1.807) is 19.2 Å². The normalized spacial score (nSPS) is 13.2. The summed E-state index contributed by atoms with van der Waals surface area (Å²) in [6, 6.07) is 9.37. The van der Waals surface area contributed by atoms with Gasteiger partial charge in [0.15, 0.2) is 0 Å². The van der Waals surface area contributed by atoms with Crippen LogP contribution in [0, 0.1) is 0 Å². The van der Waals surface area contributed by atoms with Gasteiger partial charge in [0.25, 0.3) is 0 Å². The quantitative estimate of drug-likeness (QED) is 0.731. The molecule has 3 rings (SSSR count). The molecule has 0 aliphatic carbocycles. The van der Waals surface area contributed by atoms with Gasteiger partial charge in [-0.2, -0.15) is 0 Å². The maximum atomic E-state index is 11.0. The average molecular weight is 279 g/mol. The number of ether oxygens (including phenoxy) is 1. The van der Waals surface area contributed by atoms with Crippen LogP contribution in [0.1, 0.15) is 29.5 Å². The van der Waals surface area contributed by atoms with Gasteiger partial charge in [0.1, 0.15) is 5.75 Å². The van der Waals surface area contributed by atoms with Crippen molar-refractivity contribution in [3.8, 4) is 11.6 Å². The summed E-state index contributed by atoms with van der Waals surface area (Å²) in [7, 11) is 0. The Balaban J connectivity index is 0.00000147. The number of carboxylic acids is 1. The van der Waals surface area contributed by atoms with E-state index in [4.69, 9.17) is 9.84 Å². The number of carbonyl (C=O) groups is 1. The van der Waals surface area contributed by atoms with Crippen molar-refractivity contribution < 1.29 is 14.6 Å². The number of rotatable bonds is 2. The molecule has 20 heavy (non-hydrogen) atoms. The minimum absolute atomic E-state index is 0. The molecule has 1 N–H and O–H groups in total. The molecular weight excluding hydrogens is 265 g/mol. The molecule has 1 aromatic carbocycles. The third-order valence-corrected chi connectivity index (χ3v) is 3.39. The third-order valence-electron chi connectivity index (χ3n) is 3.39. The van der Waals surface area contributed by atoms with Crippen LogP contribution in [0.3, 0.4) is 0 Å². The monoisotopic (exact) mass is 279 g/mol. The zero-order chi connectivity index (χ0) is 13.4. The van der Waals surface area contributed by atoms with Crippen molar-refractivity contribution >= 4 is 35.5 Å². The van der Waals surface area contributed by atoms with Gasteiger partial charge in [0.2, 0.25) is 5.88 Å². The molecule has 0 fully saturated rings. The molecular formula is C15H14NNaO3. The Morgan fingerprint density at radius 2 is 2.15 bits per heavy atom. The van der Waals surface area contributed by atoms with E-state index < -0.39 is 11.9 Å². The van der Waals surface area contributed by atoms with Crippen LogP contribution >= 0.6 is 0 Å². The van der Waals surface area contributed by atoms with E-state index >= 15 is 0 Å². The fraction of sp³-hybridized carbons (Fsp3) is 0.200. The molecule has 0 bridgehead atoms. The zero-order valence-electron chi connectivity index (χ0n) is 10.5. The number of hydrogen-bond donors (Lipinski definition) is 1. The van der Waals surface area contributed by atoms with E-state index in [0.717, 1.165) is 28.9 Å². The summed E-state index contributed by atoms with van der Waals surface area (Å²) in [6.45, 7) is 1.68. The summed E-state index contributed by atoms with van der Waals surface area (Å²) in [5.41, 5.74) is 2.82. The second-order valence-corrected chi connectivity index (χ2v) is 4.67. The molecule has 1 unspecified atom stereocenters. The summed E-state index contributed by atoms with van der Waals surface area (Å²) >= 11 is 0. The number of fused-ring (bicyclic) bond motifs is 2. The standard InChI is InChI=1S/C15H13NO3.Na.H/c1-9(15(17)18)10-4-5-13-12(7-10)8-11-3-2-6-16-14(11)19-13;;/h2-7,9H,8H2,1H3,(H,17,18);;. The Kier molecular flexibility index (Phi) is 4.48. The molecule has 5 heteroatoms. The van der Waals surface area contributed by atoms with Crippen LogP contribution in [0.15, 0.2) is 36.5 Å². The molecule has 1 atom stereocenters.